The van der Waals surface area contributed by atoms with Gasteiger partial charge in [-0.15, -0.1) is 0 Å². The molecular formula is C15H20FNO5. The molecule has 0 radical (unpaired) electrons. The van der Waals surface area contributed by atoms with E-state index in [1.54, 1.807) is 20.8 Å². The number of aliphatic carboxylic acids is 1. The number of aliphatic hydroxyl groups excluding tert-OH is 1. The number of ether oxygens (including phenoxy) is 1. The lowest BCUT2D eigenvalue weighted by atomic mass is 9.99. The Morgan fingerprint density at radius 1 is 1.36 bits per heavy atom. The number of carbonyl (C=O) groups excluding carboxylic acids is 1. The van der Waals surface area contributed by atoms with E-state index in [2.05, 4.69) is 5.32 Å². The number of carboxylic acid groups (broad SMARTS) is 1. The number of halogens is 1. The highest BCUT2D eigenvalue weighted by atomic mass is 19.1. The van der Waals surface area contributed by atoms with Gasteiger partial charge >= 0.3 is 12.1 Å². The highest BCUT2D eigenvalue weighted by Gasteiger charge is 2.27. The van der Waals surface area contributed by atoms with Gasteiger partial charge in [0.1, 0.15) is 11.4 Å². The Labute approximate surface area is 127 Å². The van der Waals surface area contributed by atoms with Crippen molar-refractivity contribution in [1.29, 1.82) is 0 Å². The first-order valence-electron chi connectivity index (χ1n) is 6.73. The van der Waals surface area contributed by atoms with Crippen LogP contribution >= 0.6 is 0 Å². The van der Waals surface area contributed by atoms with Crippen LogP contribution in [0, 0.1) is 5.82 Å². The minimum Gasteiger partial charge on any atom is -0.481 e. The molecule has 0 unspecified atom stereocenters. The molecule has 22 heavy (non-hydrogen) atoms. The Balaban J connectivity index is 2.96. The van der Waals surface area contributed by atoms with Crippen LogP contribution in [0.15, 0.2) is 24.3 Å². The molecule has 1 aromatic carbocycles. The van der Waals surface area contributed by atoms with E-state index >= 15 is 0 Å². The zero-order valence-corrected chi connectivity index (χ0v) is 12.7. The molecule has 0 aliphatic rings. The molecule has 2 atom stereocenters. The molecule has 0 saturated carbocycles. The standard InChI is InChI=1S/C15H20FNO5/c1-15(2,3)22-14(21)17-13(11(18)8-12(19)20)9-5-4-6-10(16)7-9/h4-7,11,13,18H,8H2,1-3H3,(H,17,21)(H,19,20)/t11-,13+/m1/s1. The number of carbonyl (C=O) groups is 2. The fourth-order valence-corrected chi connectivity index (χ4v) is 1.83. The Kier molecular flexibility index (Phi) is 5.87. The molecule has 122 valence electrons. The molecular weight excluding hydrogens is 293 g/mol. The third-order valence-electron chi connectivity index (χ3n) is 2.65. The SMILES string of the molecule is CC(C)(C)OC(=O)N[C@@H](c1cccc(F)c1)[C@H](O)CC(=O)O. The van der Waals surface area contributed by atoms with Gasteiger partial charge in [-0.1, -0.05) is 12.1 Å². The van der Waals surface area contributed by atoms with E-state index in [4.69, 9.17) is 9.84 Å². The summed E-state index contributed by atoms with van der Waals surface area (Å²) in [6.07, 6.45) is -2.85. The van der Waals surface area contributed by atoms with Gasteiger partial charge in [-0.3, -0.25) is 4.79 Å². The zero-order valence-electron chi connectivity index (χ0n) is 12.7. The molecule has 0 spiro atoms. The van der Waals surface area contributed by atoms with Crippen LogP contribution in [-0.4, -0.2) is 34.0 Å². The van der Waals surface area contributed by atoms with Gasteiger partial charge in [0.15, 0.2) is 0 Å². The molecule has 0 fully saturated rings. The van der Waals surface area contributed by atoms with E-state index in [1.165, 1.54) is 18.2 Å². The Hall–Kier alpha value is -2.15. The summed E-state index contributed by atoms with van der Waals surface area (Å²) < 4.78 is 18.4. The molecule has 1 aromatic rings. The number of rotatable bonds is 5. The van der Waals surface area contributed by atoms with Crippen molar-refractivity contribution in [3.63, 3.8) is 0 Å². The molecule has 0 aliphatic heterocycles. The first-order valence-corrected chi connectivity index (χ1v) is 6.73. The van der Waals surface area contributed by atoms with Crippen molar-refractivity contribution in [2.24, 2.45) is 0 Å². The highest BCUT2D eigenvalue weighted by molar-refractivity contribution is 5.70. The van der Waals surface area contributed by atoms with Crippen molar-refractivity contribution in [3.05, 3.63) is 35.6 Å². The monoisotopic (exact) mass is 313 g/mol. The fraction of sp³-hybridized carbons (Fsp3) is 0.467. The van der Waals surface area contributed by atoms with Crippen LogP contribution in [0.5, 0.6) is 0 Å². The third kappa shape index (κ3) is 6.09. The Bertz CT molecular complexity index is 541. The second kappa shape index (κ2) is 7.22. The van der Waals surface area contributed by atoms with E-state index in [0.717, 1.165) is 6.07 Å². The minimum atomic E-state index is -1.42. The van der Waals surface area contributed by atoms with Gasteiger partial charge in [-0.2, -0.15) is 0 Å². The normalized spacial score (nSPS) is 14.0. The summed E-state index contributed by atoms with van der Waals surface area (Å²) in [5.41, 5.74) is -0.506. The molecule has 1 amide bonds. The third-order valence-corrected chi connectivity index (χ3v) is 2.65. The van der Waals surface area contributed by atoms with Crippen LogP contribution in [0.3, 0.4) is 0 Å². The second-order valence-corrected chi connectivity index (χ2v) is 5.84. The number of hydrogen-bond acceptors (Lipinski definition) is 4. The van der Waals surface area contributed by atoms with Crippen LogP contribution < -0.4 is 5.32 Å². The number of aliphatic hydroxyl groups is 1. The minimum absolute atomic E-state index is 0.250. The average Bonchev–Trinajstić information content (AvgIpc) is 2.32. The van der Waals surface area contributed by atoms with Crippen LogP contribution in [-0.2, 0) is 9.53 Å². The smallest absolute Gasteiger partial charge is 0.408 e. The summed E-state index contributed by atoms with van der Waals surface area (Å²) in [5, 5.41) is 21.2. The highest BCUT2D eigenvalue weighted by Crippen LogP contribution is 2.21. The maximum absolute atomic E-state index is 13.3. The van der Waals surface area contributed by atoms with Crippen molar-refractivity contribution >= 4 is 12.1 Å². The maximum atomic E-state index is 13.3. The lowest BCUT2D eigenvalue weighted by Gasteiger charge is -2.26. The van der Waals surface area contributed by atoms with Crippen molar-refractivity contribution in [2.75, 3.05) is 0 Å². The number of nitrogens with one attached hydrogen (secondary N) is 1. The average molecular weight is 313 g/mol. The van der Waals surface area contributed by atoms with Gasteiger partial charge in [0.25, 0.3) is 0 Å². The molecule has 3 N–H and O–H groups in total. The summed E-state index contributed by atoms with van der Waals surface area (Å²) in [6, 6.07) is 4.12. The van der Waals surface area contributed by atoms with Crippen LogP contribution in [0.4, 0.5) is 9.18 Å². The summed E-state index contributed by atoms with van der Waals surface area (Å²) >= 11 is 0. The number of benzene rings is 1. The summed E-state index contributed by atoms with van der Waals surface area (Å²) in [5.74, 6) is -1.80. The van der Waals surface area contributed by atoms with Gasteiger partial charge in [0.05, 0.1) is 18.6 Å². The van der Waals surface area contributed by atoms with Gasteiger partial charge in [0, 0.05) is 0 Å². The lowest BCUT2D eigenvalue weighted by Crippen LogP contribution is -2.40. The number of amides is 1. The lowest BCUT2D eigenvalue weighted by molar-refractivity contribution is -0.139. The summed E-state index contributed by atoms with van der Waals surface area (Å²) in [6.45, 7) is 4.99. The van der Waals surface area contributed by atoms with Crippen LogP contribution in [0.2, 0.25) is 0 Å². The van der Waals surface area contributed by atoms with Gasteiger partial charge in [-0.05, 0) is 38.5 Å². The van der Waals surface area contributed by atoms with E-state index in [9.17, 15) is 19.1 Å². The predicted octanol–water partition coefficient (Wildman–Crippen LogP) is 2.23. The molecule has 0 aromatic heterocycles. The second-order valence-electron chi connectivity index (χ2n) is 5.84. The quantitative estimate of drug-likeness (QED) is 0.774. The first-order chi connectivity index (χ1) is 10.1. The maximum Gasteiger partial charge on any atom is 0.408 e. The van der Waals surface area contributed by atoms with E-state index in [0.29, 0.717) is 0 Å². The number of alkyl carbamates (subject to hydrolysis) is 1. The molecule has 1 rings (SSSR count). The largest absolute Gasteiger partial charge is 0.481 e. The molecule has 0 saturated heterocycles. The van der Waals surface area contributed by atoms with Crippen molar-refractivity contribution in [2.45, 2.75) is 44.9 Å². The Morgan fingerprint density at radius 3 is 2.50 bits per heavy atom. The number of hydrogen-bond donors (Lipinski definition) is 3. The summed E-state index contributed by atoms with van der Waals surface area (Å²) in [4.78, 5) is 22.6. The molecule has 0 heterocycles. The molecule has 0 aliphatic carbocycles. The summed E-state index contributed by atoms with van der Waals surface area (Å²) in [7, 11) is 0. The van der Waals surface area contributed by atoms with E-state index in [1.807, 2.05) is 0 Å². The van der Waals surface area contributed by atoms with Gasteiger partial charge in [-0.25, -0.2) is 9.18 Å². The predicted molar refractivity (Wildman–Crippen MR) is 76.8 cm³/mol. The van der Waals surface area contributed by atoms with Gasteiger partial charge in [0.2, 0.25) is 0 Å². The van der Waals surface area contributed by atoms with Crippen LogP contribution in [0.25, 0.3) is 0 Å². The van der Waals surface area contributed by atoms with Crippen molar-refractivity contribution in [3.8, 4) is 0 Å². The number of carboxylic acids is 1. The van der Waals surface area contributed by atoms with Crippen LogP contribution in [0.1, 0.15) is 38.8 Å². The van der Waals surface area contributed by atoms with Crippen molar-refractivity contribution in [1.82, 2.24) is 5.32 Å². The Morgan fingerprint density at radius 2 is 2.00 bits per heavy atom. The van der Waals surface area contributed by atoms with Crippen molar-refractivity contribution < 1.29 is 28.9 Å². The molecule has 0 bridgehead atoms. The fourth-order valence-electron chi connectivity index (χ4n) is 1.83. The van der Waals surface area contributed by atoms with Gasteiger partial charge < -0.3 is 20.3 Å². The van der Waals surface area contributed by atoms with E-state index < -0.39 is 42.0 Å². The zero-order chi connectivity index (χ0) is 16.9. The molecule has 7 heteroatoms. The first kappa shape index (κ1) is 17.9. The molecule has 6 nitrogen and oxygen atoms in total. The van der Waals surface area contributed by atoms with E-state index in [-0.39, 0.29) is 5.56 Å². The topological polar surface area (TPSA) is 95.9 Å².